The normalized spacial score (nSPS) is 14.9. The number of amides is 2. The summed E-state index contributed by atoms with van der Waals surface area (Å²) in [6.45, 7) is 0. The molecule has 0 radical (unpaired) electrons. The molecular weight excluding hydrogens is 472 g/mol. The number of pyridine rings is 1. The number of anilines is 1. The van der Waals surface area contributed by atoms with Crippen LogP contribution in [0.3, 0.4) is 0 Å². The van der Waals surface area contributed by atoms with Gasteiger partial charge >= 0.3 is 0 Å². The number of nitrogens with zero attached hydrogens (tertiary/aromatic N) is 4. The van der Waals surface area contributed by atoms with Gasteiger partial charge in [0, 0.05) is 47.6 Å². The summed E-state index contributed by atoms with van der Waals surface area (Å²) in [5.74, 6) is 6.48. The van der Waals surface area contributed by atoms with Gasteiger partial charge in [0.2, 0.25) is 11.7 Å². The maximum absolute atomic E-state index is 13.2. The average Bonchev–Trinajstić information content (AvgIpc) is 3.35. The van der Waals surface area contributed by atoms with Crippen molar-refractivity contribution in [1.82, 2.24) is 25.5 Å². The second-order valence-corrected chi connectivity index (χ2v) is 9.24. The number of aromatic amines is 1. The highest BCUT2D eigenvalue weighted by molar-refractivity contribution is 7.99. The fourth-order valence-corrected chi connectivity index (χ4v) is 4.83. The zero-order valence-electron chi connectivity index (χ0n) is 19.4. The lowest BCUT2D eigenvalue weighted by atomic mass is 10.1. The molecule has 0 aliphatic carbocycles. The number of benzene rings is 2. The summed E-state index contributed by atoms with van der Waals surface area (Å²) in [6.07, 6.45) is 3.93. The molecule has 0 unspecified atom stereocenters. The molecule has 3 heterocycles. The molecule has 4 aromatic rings. The first-order chi connectivity index (χ1) is 17.6. The summed E-state index contributed by atoms with van der Waals surface area (Å²) >= 11 is 1.51. The van der Waals surface area contributed by atoms with E-state index in [2.05, 4.69) is 37.3 Å². The molecule has 2 aromatic heterocycles. The van der Waals surface area contributed by atoms with Gasteiger partial charge in [0.1, 0.15) is 11.9 Å². The van der Waals surface area contributed by atoms with Gasteiger partial charge < -0.3 is 10.2 Å². The Bertz CT molecular complexity index is 1460. The van der Waals surface area contributed by atoms with Crippen molar-refractivity contribution in [3.8, 4) is 11.8 Å². The third kappa shape index (κ3) is 5.29. The van der Waals surface area contributed by atoms with Gasteiger partial charge in [-0.05, 0) is 35.9 Å². The van der Waals surface area contributed by atoms with Gasteiger partial charge in [-0.3, -0.25) is 19.7 Å². The number of hydrogen-bond acceptors (Lipinski definition) is 6. The second kappa shape index (κ2) is 10.5. The van der Waals surface area contributed by atoms with Gasteiger partial charge in [0.25, 0.3) is 5.91 Å². The Hall–Kier alpha value is -4.42. The Morgan fingerprint density at radius 1 is 1.14 bits per heavy atom. The zero-order valence-corrected chi connectivity index (χ0v) is 20.2. The van der Waals surface area contributed by atoms with E-state index in [1.165, 1.54) is 11.8 Å². The summed E-state index contributed by atoms with van der Waals surface area (Å²) in [4.78, 5) is 36.9. The molecule has 8 nitrogen and oxygen atoms in total. The molecule has 178 valence electrons. The maximum Gasteiger partial charge on any atom is 0.291 e. The van der Waals surface area contributed by atoms with E-state index in [4.69, 9.17) is 0 Å². The quantitative estimate of drug-likeness (QED) is 0.423. The minimum atomic E-state index is -0.721. The van der Waals surface area contributed by atoms with Crippen LogP contribution in [0.4, 0.5) is 5.69 Å². The van der Waals surface area contributed by atoms with Crippen LogP contribution in [0, 0.1) is 11.8 Å². The van der Waals surface area contributed by atoms with Crippen LogP contribution in [-0.4, -0.2) is 50.8 Å². The monoisotopic (exact) mass is 494 g/mol. The van der Waals surface area contributed by atoms with E-state index in [9.17, 15) is 9.59 Å². The predicted molar refractivity (Wildman–Crippen MR) is 138 cm³/mol. The van der Waals surface area contributed by atoms with Crippen LogP contribution in [0.5, 0.6) is 0 Å². The smallest absolute Gasteiger partial charge is 0.291 e. The van der Waals surface area contributed by atoms with Crippen LogP contribution in [0.1, 0.15) is 33.1 Å². The van der Waals surface area contributed by atoms with Crippen molar-refractivity contribution < 1.29 is 9.59 Å². The van der Waals surface area contributed by atoms with Gasteiger partial charge in [-0.15, -0.1) is 16.9 Å². The second-order valence-electron chi connectivity index (χ2n) is 8.18. The van der Waals surface area contributed by atoms with E-state index in [1.54, 1.807) is 24.3 Å². The summed E-state index contributed by atoms with van der Waals surface area (Å²) in [5.41, 5.74) is 3.41. The van der Waals surface area contributed by atoms with Gasteiger partial charge in [0.05, 0.1) is 5.69 Å². The van der Waals surface area contributed by atoms with E-state index in [-0.39, 0.29) is 11.7 Å². The van der Waals surface area contributed by atoms with Gasteiger partial charge in [0.15, 0.2) is 0 Å². The molecule has 0 spiro atoms. The molecule has 2 aromatic carbocycles. The number of hydrogen-bond donors (Lipinski definition) is 2. The number of aromatic nitrogens is 4. The average molecular weight is 495 g/mol. The number of carbonyl (C=O) groups is 2. The molecule has 1 aliphatic heterocycles. The Labute approximate surface area is 212 Å². The molecule has 0 bridgehead atoms. The minimum Gasteiger partial charge on any atom is -0.337 e. The van der Waals surface area contributed by atoms with Crippen LogP contribution in [0.25, 0.3) is 0 Å². The molecule has 1 aliphatic rings. The lowest BCUT2D eigenvalue weighted by Gasteiger charge is -2.21. The molecule has 9 heteroatoms. The fraction of sp³-hybridized carbons (Fsp3) is 0.148. The Kier molecular flexibility index (Phi) is 6.78. The molecular formula is C27H22N6O2S. The Morgan fingerprint density at radius 2 is 1.97 bits per heavy atom. The molecule has 2 N–H and O–H groups in total. The SMILES string of the molecule is CN1C(=O)[C@@H](NC(=O)c2n[nH]c(Cc3ccccc3)n2)CSc2ccc(C#Cc3cccnc3)cc21. The van der Waals surface area contributed by atoms with Gasteiger partial charge in [-0.2, -0.15) is 0 Å². The predicted octanol–water partition coefficient (Wildman–Crippen LogP) is 3.06. The molecule has 0 saturated heterocycles. The number of rotatable bonds is 4. The highest BCUT2D eigenvalue weighted by Gasteiger charge is 2.31. The Balaban J connectivity index is 1.28. The van der Waals surface area contributed by atoms with E-state index in [0.29, 0.717) is 18.0 Å². The van der Waals surface area contributed by atoms with Crippen LogP contribution >= 0.6 is 11.8 Å². The third-order valence-electron chi connectivity index (χ3n) is 5.62. The maximum atomic E-state index is 13.2. The standard InChI is InChI=1S/C27H22N6O2S/c1-33-22-14-19(9-10-20-8-5-13-28-16-20)11-12-23(22)36-17-21(27(33)35)29-26(34)25-30-24(31-32-25)15-18-6-3-2-4-7-18/h2-8,11-14,16,21H,15,17H2,1H3,(H,29,34)(H,30,31,32)/t21-/m0/s1. The minimum absolute atomic E-state index is 0.0103. The Morgan fingerprint density at radius 3 is 2.78 bits per heavy atom. The topological polar surface area (TPSA) is 104 Å². The molecule has 36 heavy (non-hydrogen) atoms. The molecule has 5 rings (SSSR count). The van der Waals surface area contributed by atoms with Crippen molar-refractivity contribution in [3.63, 3.8) is 0 Å². The van der Waals surface area contributed by atoms with E-state index >= 15 is 0 Å². The van der Waals surface area contributed by atoms with Crippen molar-refractivity contribution >= 4 is 29.3 Å². The van der Waals surface area contributed by atoms with Crippen LogP contribution < -0.4 is 10.2 Å². The van der Waals surface area contributed by atoms with E-state index < -0.39 is 11.9 Å². The molecule has 0 saturated carbocycles. The number of carbonyl (C=O) groups excluding carboxylic acids is 2. The number of thioether (sulfide) groups is 1. The zero-order chi connectivity index (χ0) is 24.9. The summed E-state index contributed by atoms with van der Waals surface area (Å²) in [5, 5.41) is 9.65. The molecule has 1 atom stereocenters. The fourth-order valence-electron chi connectivity index (χ4n) is 3.75. The van der Waals surface area contributed by atoms with Crippen molar-refractivity contribution in [2.24, 2.45) is 0 Å². The lowest BCUT2D eigenvalue weighted by molar-refractivity contribution is -0.119. The number of likely N-dealkylation sites (N-methyl/N-ethyl adjacent to an activating group) is 1. The lowest BCUT2D eigenvalue weighted by Crippen LogP contribution is -2.48. The van der Waals surface area contributed by atoms with Gasteiger partial charge in [-0.25, -0.2) is 4.98 Å². The summed E-state index contributed by atoms with van der Waals surface area (Å²) in [7, 11) is 1.70. The van der Waals surface area contributed by atoms with E-state index in [1.807, 2.05) is 60.7 Å². The van der Waals surface area contributed by atoms with Crippen molar-refractivity contribution in [1.29, 1.82) is 0 Å². The van der Waals surface area contributed by atoms with E-state index in [0.717, 1.165) is 27.3 Å². The molecule has 0 fully saturated rings. The highest BCUT2D eigenvalue weighted by Crippen LogP contribution is 2.34. The highest BCUT2D eigenvalue weighted by atomic mass is 32.2. The largest absolute Gasteiger partial charge is 0.337 e. The molecule has 2 amide bonds. The van der Waals surface area contributed by atoms with Crippen LogP contribution in [0.15, 0.2) is 78.0 Å². The number of H-pyrrole nitrogens is 1. The van der Waals surface area contributed by atoms with Crippen molar-refractivity contribution in [3.05, 3.63) is 101 Å². The van der Waals surface area contributed by atoms with Crippen molar-refractivity contribution in [2.75, 3.05) is 17.7 Å². The first-order valence-electron chi connectivity index (χ1n) is 11.3. The van der Waals surface area contributed by atoms with Crippen molar-refractivity contribution in [2.45, 2.75) is 17.4 Å². The number of fused-ring (bicyclic) bond motifs is 1. The van der Waals surface area contributed by atoms with Crippen LogP contribution in [-0.2, 0) is 11.2 Å². The summed E-state index contributed by atoms with van der Waals surface area (Å²) < 4.78 is 0. The van der Waals surface area contributed by atoms with Gasteiger partial charge in [-0.1, -0.05) is 42.2 Å². The summed E-state index contributed by atoms with van der Waals surface area (Å²) in [6, 6.07) is 18.6. The number of nitrogens with one attached hydrogen (secondary N) is 2. The third-order valence-corrected chi connectivity index (χ3v) is 6.78. The van der Waals surface area contributed by atoms with Crippen LogP contribution in [0.2, 0.25) is 0 Å². The first-order valence-corrected chi connectivity index (χ1v) is 12.3. The first kappa shape index (κ1) is 23.3.